The fourth-order valence-electron chi connectivity index (χ4n) is 1.95. The summed E-state index contributed by atoms with van der Waals surface area (Å²) in [5, 5.41) is 5.74. The van der Waals surface area contributed by atoms with Gasteiger partial charge in [-0.3, -0.25) is 19.9 Å². The van der Waals surface area contributed by atoms with E-state index in [0.29, 0.717) is 27.9 Å². The number of benzene rings is 1. The zero-order valence-electron chi connectivity index (χ0n) is 12.7. The quantitative estimate of drug-likeness (QED) is 0.762. The van der Waals surface area contributed by atoms with E-state index < -0.39 is 0 Å². The Kier molecular flexibility index (Phi) is 4.57. The lowest BCUT2D eigenvalue weighted by Crippen LogP contribution is -2.12. The Balaban J connectivity index is 1.69. The van der Waals surface area contributed by atoms with E-state index in [1.54, 1.807) is 36.5 Å². The molecule has 24 heavy (non-hydrogen) atoms. The number of amides is 2. The topological polar surface area (TPSA) is 96.9 Å². The number of nitrogens with zero attached hydrogens (tertiary/aromatic N) is 3. The number of carbonyl (C=O) groups is 2. The molecule has 0 atom stereocenters. The van der Waals surface area contributed by atoms with Crippen LogP contribution in [0.15, 0.2) is 48.7 Å². The monoisotopic (exact) mass is 339 g/mol. The highest BCUT2D eigenvalue weighted by Gasteiger charge is 2.11. The van der Waals surface area contributed by atoms with Crippen LogP contribution in [0.3, 0.4) is 0 Å². The second-order valence-corrected chi connectivity index (χ2v) is 5.60. The van der Waals surface area contributed by atoms with E-state index in [4.69, 9.17) is 0 Å². The number of nitrogens with one attached hydrogen (secondary N) is 2. The minimum absolute atomic E-state index is 0.164. The van der Waals surface area contributed by atoms with Gasteiger partial charge in [0.2, 0.25) is 11.0 Å². The van der Waals surface area contributed by atoms with E-state index in [1.165, 1.54) is 6.92 Å². The summed E-state index contributed by atoms with van der Waals surface area (Å²) in [6.07, 6.45) is 1.66. The third kappa shape index (κ3) is 3.79. The Morgan fingerprint density at radius 1 is 1.04 bits per heavy atom. The standard InChI is InChI=1S/C16H13N5O2S/c1-10(22)18-12-7-5-11(6-8-12)15(23)20-16-19-14(21-24-16)13-4-2-3-9-17-13/h2-9H,1H3,(H,18,22)(H,19,20,21,23). The molecule has 3 rings (SSSR count). The molecule has 2 N–H and O–H groups in total. The van der Waals surface area contributed by atoms with E-state index in [1.807, 2.05) is 12.1 Å². The molecule has 1 aromatic carbocycles. The first-order valence-corrected chi connectivity index (χ1v) is 7.83. The van der Waals surface area contributed by atoms with Gasteiger partial charge < -0.3 is 5.32 Å². The third-order valence-corrected chi connectivity index (χ3v) is 3.64. The van der Waals surface area contributed by atoms with E-state index >= 15 is 0 Å². The third-order valence-electron chi connectivity index (χ3n) is 3.01. The highest BCUT2D eigenvalue weighted by atomic mass is 32.1. The second-order valence-electron chi connectivity index (χ2n) is 4.85. The summed E-state index contributed by atoms with van der Waals surface area (Å²) in [5.74, 6) is 0.00751. The molecule has 0 spiro atoms. The minimum Gasteiger partial charge on any atom is -0.326 e. The summed E-state index contributed by atoms with van der Waals surface area (Å²) >= 11 is 1.09. The van der Waals surface area contributed by atoms with Crippen LogP contribution in [0.4, 0.5) is 10.8 Å². The number of anilines is 2. The fourth-order valence-corrected chi connectivity index (χ4v) is 2.52. The van der Waals surface area contributed by atoms with Crippen LogP contribution in [0.2, 0.25) is 0 Å². The maximum atomic E-state index is 12.2. The maximum absolute atomic E-state index is 12.2. The summed E-state index contributed by atoms with van der Waals surface area (Å²) in [5.41, 5.74) is 1.74. The highest BCUT2D eigenvalue weighted by molar-refractivity contribution is 7.10. The van der Waals surface area contributed by atoms with Gasteiger partial charge in [-0.2, -0.15) is 9.36 Å². The van der Waals surface area contributed by atoms with Gasteiger partial charge in [0.1, 0.15) is 5.69 Å². The van der Waals surface area contributed by atoms with Gasteiger partial charge in [-0.1, -0.05) is 6.07 Å². The van der Waals surface area contributed by atoms with Gasteiger partial charge in [0, 0.05) is 35.9 Å². The van der Waals surface area contributed by atoms with Crippen molar-refractivity contribution in [1.29, 1.82) is 0 Å². The molecule has 0 saturated heterocycles. The largest absolute Gasteiger partial charge is 0.326 e. The Bertz CT molecular complexity index is 862. The van der Waals surface area contributed by atoms with Crippen molar-refractivity contribution in [1.82, 2.24) is 14.3 Å². The Morgan fingerprint density at radius 3 is 2.50 bits per heavy atom. The van der Waals surface area contributed by atoms with Crippen molar-refractivity contribution in [3.63, 3.8) is 0 Å². The summed E-state index contributed by atoms with van der Waals surface area (Å²) in [6, 6.07) is 12.0. The molecule has 8 heteroatoms. The van der Waals surface area contributed by atoms with Gasteiger partial charge in [0.05, 0.1) is 0 Å². The molecule has 0 radical (unpaired) electrons. The van der Waals surface area contributed by atoms with E-state index in [-0.39, 0.29) is 11.8 Å². The number of hydrogen-bond donors (Lipinski definition) is 2. The lowest BCUT2D eigenvalue weighted by Gasteiger charge is -2.04. The molecule has 0 aliphatic rings. The first-order chi connectivity index (χ1) is 11.6. The molecule has 120 valence electrons. The number of aromatic nitrogens is 3. The van der Waals surface area contributed by atoms with Gasteiger partial charge >= 0.3 is 0 Å². The fraction of sp³-hybridized carbons (Fsp3) is 0.0625. The molecule has 0 aliphatic heterocycles. The Hall–Kier alpha value is -3.13. The lowest BCUT2D eigenvalue weighted by atomic mass is 10.2. The first kappa shape index (κ1) is 15.8. The normalized spacial score (nSPS) is 10.2. The van der Waals surface area contributed by atoms with E-state index in [0.717, 1.165) is 11.5 Å². The van der Waals surface area contributed by atoms with Crippen LogP contribution in [-0.2, 0) is 4.79 Å². The Labute approximate surface area is 142 Å². The predicted molar refractivity (Wildman–Crippen MR) is 91.8 cm³/mol. The summed E-state index contributed by atoms with van der Waals surface area (Å²) in [7, 11) is 0. The molecule has 0 bridgehead atoms. The zero-order chi connectivity index (χ0) is 16.9. The van der Waals surface area contributed by atoms with Crippen molar-refractivity contribution in [2.45, 2.75) is 6.92 Å². The maximum Gasteiger partial charge on any atom is 0.257 e. The zero-order valence-corrected chi connectivity index (χ0v) is 13.5. The lowest BCUT2D eigenvalue weighted by molar-refractivity contribution is -0.114. The van der Waals surface area contributed by atoms with Crippen molar-refractivity contribution in [3.05, 3.63) is 54.2 Å². The molecule has 2 aromatic heterocycles. The van der Waals surface area contributed by atoms with Crippen molar-refractivity contribution in [2.75, 3.05) is 10.6 Å². The second kappa shape index (κ2) is 6.97. The molecule has 0 unspecified atom stereocenters. The van der Waals surface area contributed by atoms with Crippen LogP contribution in [0.25, 0.3) is 11.5 Å². The van der Waals surface area contributed by atoms with Crippen molar-refractivity contribution in [2.24, 2.45) is 0 Å². The summed E-state index contributed by atoms with van der Waals surface area (Å²) < 4.78 is 4.19. The first-order valence-electron chi connectivity index (χ1n) is 7.06. The predicted octanol–water partition coefficient (Wildman–Crippen LogP) is 2.81. The molecule has 7 nitrogen and oxygen atoms in total. The molecular weight excluding hydrogens is 326 g/mol. The average Bonchev–Trinajstić information content (AvgIpc) is 3.04. The molecule has 0 fully saturated rings. The van der Waals surface area contributed by atoms with Crippen molar-refractivity contribution >= 4 is 34.2 Å². The minimum atomic E-state index is -0.298. The van der Waals surface area contributed by atoms with Crippen LogP contribution in [0.1, 0.15) is 17.3 Å². The number of rotatable bonds is 4. The van der Waals surface area contributed by atoms with Gasteiger partial charge in [0.25, 0.3) is 5.91 Å². The number of hydrogen-bond acceptors (Lipinski definition) is 6. The molecular formula is C16H13N5O2S. The van der Waals surface area contributed by atoms with Crippen molar-refractivity contribution in [3.8, 4) is 11.5 Å². The van der Waals surface area contributed by atoms with E-state index in [2.05, 4.69) is 25.0 Å². The number of carbonyl (C=O) groups excluding carboxylic acids is 2. The summed E-state index contributed by atoms with van der Waals surface area (Å²) in [6.45, 7) is 1.43. The van der Waals surface area contributed by atoms with Crippen LogP contribution in [-0.4, -0.2) is 26.2 Å². The van der Waals surface area contributed by atoms with Crippen molar-refractivity contribution < 1.29 is 9.59 Å². The SMILES string of the molecule is CC(=O)Nc1ccc(C(=O)Nc2nc(-c3ccccn3)ns2)cc1. The van der Waals surface area contributed by atoms with E-state index in [9.17, 15) is 9.59 Å². The van der Waals surface area contributed by atoms with Crippen LogP contribution < -0.4 is 10.6 Å². The van der Waals surface area contributed by atoms with Gasteiger partial charge in [-0.05, 0) is 36.4 Å². The Morgan fingerprint density at radius 2 is 1.83 bits per heavy atom. The average molecular weight is 339 g/mol. The number of pyridine rings is 1. The van der Waals surface area contributed by atoms with Crippen LogP contribution in [0.5, 0.6) is 0 Å². The molecule has 2 heterocycles. The molecule has 2 amide bonds. The van der Waals surface area contributed by atoms with Gasteiger partial charge in [-0.15, -0.1) is 0 Å². The van der Waals surface area contributed by atoms with Gasteiger partial charge in [-0.25, -0.2) is 0 Å². The van der Waals surface area contributed by atoms with Gasteiger partial charge in [0.15, 0.2) is 5.82 Å². The summed E-state index contributed by atoms with van der Waals surface area (Å²) in [4.78, 5) is 31.6. The highest BCUT2D eigenvalue weighted by Crippen LogP contribution is 2.20. The van der Waals surface area contributed by atoms with Crippen LogP contribution >= 0.6 is 11.5 Å². The smallest absolute Gasteiger partial charge is 0.257 e. The molecule has 0 saturated carbocycles. The van der Waals surface area contributed by atoms with Crippen LogP contribution in [0, 0.1) is 0 Å². The molecule has 3 aromatic rings. The molecule has 0 aliphatic carbocycles.